The number of para-hydroxylation sites is 2. The van der Waals surface area contributed by atoms with Gasteiger partial charge >= 0.3 is 12.1 Å². The van der Waals surface area contributed by atoms with Crippen molar-refractivity contribution in [3.8, 4) is 11.5 Å². The van der Waals surface area contributed by atoms with Crippen LogP contribution in [0.4, 0.5) is 21.0 Å². The first-order chi connectivity index (χ1) is 21.1. The van der Waals surface area contributed by atoms with Crippen LogP contribution in [0.2, 0.25) is 0 Å². The summed E-state index contributed by atoms with van der Waals surface area (Å²) in [5.74, 6) is 1.25. The molecule has 43 heavy (non-hydrogen) atoms. The van der Waals surface area contributed by atoms with Gasteiger partial charge in [0.2, 0.25) is 0 Å². The Kier molecular flexibility index (Phi) is 8.22. The van der Waals surface area contributed by atoms with Crippen LogP contribution in [0.1, 0.15) is 11.1 Å². The number of anilines is 2. The molecule has 0 atom stereocenters. The molecule has 6 aromatic rings. The van der Waals surface area contributed by atoms with Crippen LogP contribution >= 0.6 is 0 Å². The lowest BCUT2D eigenvalue weighted by Crippen LogP contribution is -2.30. The zero-order valence-electron chi connectivity index (χ0n) is 23.4. The second-order valence-corrected chi connectivity index (χ2v) is 10.1. The van der Waals surface area contributed by atoms with E-state index < -0.39 is 0 Å². The molecule has 0 spiro atoms. The average Bonchev–Trinajstić information content (AvgIpc) is 3.63. The SMILES string of the molecule is O=C(NCCc1c[nH]c2ccccc12)Nc1ccc(Oc2ccc(NC(=O)NCCc3c[nH]c4ccccc34)cc2)cc1. The molecule has 0 saturated carbocycles. The van der Waals surface area contributed by atoms with Crippen molar-refractivity contribution in [1.82, 2.24) is 20.6 Å². The Morgan fingerprint density at radius 3 is 1.42 bits per heavy atom. The zero-order chi connectivity index (χ0) is 29.4. The number of urea groups is 2. The minimum Gasteiger partial charge on any atom is -0.457 e. The van der Waals surface area contributed by atoms with Gasteiger partial charge in [-0.1, -0.05) is 36.4 Å². The van der Waals surface area contributed by atoms with Gasteiger partial charge in [-0.05, 0) is 84.6 Å². The van der Waals surface area contributed by atoms with Crippen molar-refractivity contribution in [1.29, 1.82) is 0 Å². The average molecular weight is 573 g/mol. The molecule has 0 aliphatic heterocycles. The van der Waals surface area contributed by atoms with Crippen LogP contribution in [0.3, 0.4) is 0 Å². The van der Waals surface area contributed by atoms with Crippen molar-refractivity contribution < 1.29 is 14.3 Å². The second kappa shape index (κ2) is 12.9. The Morgan fingerprint density at radius 2 is 0.977 bits per heavy atom. The molecule has 0 radical (unpaired) electrons. The van der Waals surface area contributed by atoms with Gasteiger partial charge in [-0.2, -0.15) is 0 Å². The first-order valence-corrected chi connectivity index (χ1v) is 14.2. The summed E-state index contributed by atoms with van der Waals surface area (Å²) < 4.78 is 5.92. The smallest absolute Gasteiger partial charge is 0.319 e. The third-order valence-corrected chi connectivity index (χ3v) is 7.17. The predicted molar refractivity (Wildman–Crippen MR) is 171 cm³/mol. The molecule has 6 N–H and O–H groups in total. The monoisotopic (exact) mass is 572 g/mol. The van der Waals surface area contributed by atoms with Crippen LogP contribution < -0.4 is 26.0 Å². The number of aromatic amines is 2. The fourth-order valence-electron chi connectivity index (χ4n) is 5.00. The first-order valence-electron chi connectivity index (χ1n) is 14.2. The Morgan fingerprint density at radius 1 is 0.558 bits per heavy atom. The molecular formula is C34H32N6O3. The Labute approximate surface area is 248 Å². The van der Waals surface area contributed by atoms with Crippen molar-refractivity contribution in [2.24, 2.45) is 0 Å². The van der Waals surface area contributed by atoms with E-state index in [2.05, 4.69) is 43.4 Å². The number of amides is 4. The van der Waals surface area contributed by atoms with Gasteiger partial charge in [0.25, 0.3) is 0 Å². The number of ether oxygens (including phenoxy) is 1. The third-order valence-electron chi connectivity index (χ3n) is 7.17. The highest BCUT2D eigenvalue weighted by atomic mass is 16.5. The van der Waals surface area contributed by atoms with Gasteiger partial charge in [0.15, 0.2) is 0 Å². The Hall–Kier alpha value is -5.70. The Bertz CT molecular complexity index is 1700. The minimum atomic E-state index is -0.265. The summed E-state index contributed by atoms with van der Waals surface area (Å²) in [5.41, 5.74) is 5.84. The summed E-state index contributed by atoms with van der Waals surface area (Å²) in [5, 5.41) is 13.8. The molecule has 4 aromatic carbocycles. The molecule has 2 aromatic heterocycles. The van der Waals surface area contributed by atoms with E-state index in [1.165, 1.54) is 21.9 Å². The maximum Gasteiger partial charge on any atom is 0.319 e. The molecule has 9 nitrogen and oxygen atoms in total. The van der Waals surface area contributed by atoms with E-state index in [1.54, 1.807) is 48.5 Å². The fourth-order valence-corrected chi connectivity index (χ4v) is 5.00. The molecule has 6 rings (SSSR count). The maximum atomic E-state index is 12.4. The van der Waals surface area contributed by atoms with Crippen molar-refractivity contribution in [2.75, 3.05) is 23.7 Å². The van der Waals surface area contributed by atoms with E-state index in [1.807, 2.05) is 48.8 Å². The highest BCUT2D eigenvalue weighted by molar-refractivity contribution is 5.90. The predicted octanol–water partition coefficient (Wildman–Crippen LogP) is 7.17. The van der Waals surface area contributed by atoms with E-state index in [-0.39, 0.29) is 12.1 Å². The van der Waals surface area contributed by atoms with Gasteiger partial charge in [0.05, 0.1) is 0 Å². The van der Waals surface area contributed by atoms with Crippen LogP contribution in [0.15, 0.2) is 109 Å². The normalized spacial score (nSPS) is 10.9. The molecule has 4 amide bonds. The second-order valence-electron chi connectivity index (χ2n) is 10.1. The number of rotatable bonds is 10. The summed E-state index contributed by atoms with van der Waals surface area (Å²) in [6.07, 6.45) is 5.43. The van der Waals surface area contributed by atoms with E-state index in [0.29, 0.717) is 36.0 Å². The highest BCUT2D eigenvalue weighted by Crippen LogP contribution is 2.25. The van der Waals surface area contributed by atoms with Gasteiger partial charge in [0, 0.05) is 58.7 Å². The lowest BCUT2D eigenvalue weighted by Gasteiger charge is -2.10. The fraction of sp³-hybridized carbons (Fsp3) is 0.118. The quantitative estimate of drug-likeness (QED) is 0.104. The van der Waals surface area contributed by atoms with Crippen molar-refractivity contribution in [3.05, 3.63) is 121 Å². The first kappa shape index (κ1) is 27.5. The van der Waals surface area contributed by atoms with E-state index >= 15 is 0 Å². The molecule has 9 heteroatoms. The van der Waals surface area contributed by atoms with Crippen LogP contribution in [0.25, 0.3) is 21.8 Å². The van der Waals surface area contributed by atoms with Crippen LogP contribution in [-0.4, -0.2) is 35.1 Å². The summed E-state index contributed by atoms with van der Waals surface area (Å²) in [6, 6.07) is 30.0. The molecule has 2 heterocycles. The number of H-pyrrole nitrogens is 2. The van der Waals surface area contributed by atoms with Gasteiger partial charge < -0.3 is 36.0 Å². The van der Waals surface area contributed by atoms with E-state index in [9.17, 15) is 9.59 Å². The highest BCUT2D eigenvalue weighted by Gasteiger charge is 2.07. The minimum absolute atomic E-state index is 0.265. The summed E-state index contributed by atoms with van der Waals surface area (Å²) in [4.78, 5) is 31.2. The number of carbonyl (C=O) groups excluding carboxylic acids is 2. The maximum absolute atomic E-state index is 12.4. The van der Waals surface area contributed by atoms with Gasteiger partial charge in [0.1, 0.15) is 11.5 Å². The number of nitrogens with one attached hydrogen (secondary N) is 6. The lowest BCUT2D eigenvalue weighted by atomic mass is 10.1. The number of aromatic nitrogens is 2. The van der Waals surface area contributed by atoms with Crippen molar-refractivity contribution >= 4 is 45.2 Å². The Balaban J connectivity index is 0.916. The van der Waals surface area contributed by atoms with Gasteiger partial charge in [-0.25, -0.2) is 9.59 Å². The molecular weight excluding hydrogens is 540 g/mol. The number of fused-ring (bicyclic) bond motifs is 2. The molecule has 0 unspecified atom stereocenters. The number of carbonyl (C=O) groups is 2. The van der Waals surface area contributed by atoms with E-state index in [4.69, 9.17) is 4.74 Å². The molecule has 0 fully saturated rings. The standard InChI is InChI=1S/C34H32N6O3/c41-33(35-19-17-23-21-37-31-7-3-1-5-29(23)31)39-25-9-13-27(14-10-25)43-28-15-11-26(12-16-28)40-34(42)36-20-18-24-22-38-32-8-4-2-6-30(24)32/h1-16,21-22,37-38H,17-20H2,(H2,35,39,41)(H2,36,40,42). The van der Waals surface area contributed by atoms with Crippen LogP contribution in [-0.2, 0) is 12.8 Å². The zero-order valence-corrected chi connectivity index (χ0v) is 23.4. The van der Waals surface area contributed by atoms with Gasteiger partial charge in [-0.15, -0.1) is 0 Å². The summed E-state index contributed by atoms with van der Waals surface area (Å²) >= 11 is 0. The molecule has 0 saturated heterocycles. The van der Waals surface area contributed by atoms with Crippen LogP contribution in [0.5, 0.6) is 11.5 Å². The van der Waals surface area contributed by atoms with Crippen molar-refractivity contribution in [3.63, 3.8) is 0 Å². The lowest BCUT2D eigenvalue weighted by molar-refractivity contribution is 0.251. The van der Waals surface area contributed by atoms with Gasteiger partial charge in [-0.3, -0.25) is 0 Å². The molecule has 0 aliphatic rings. The number of hydrogen-bond donors (Lipinski definition) is 6. The van der Waals surface area contributed by atoms with E-state index in [0.717, 1.165) is 23.9 Å². The number of benzene rings is 4. The summed E-state index contributed by atoms with van der Waals surface area (Å²) in [7, 11) is 0. The molecule has 0 aliphatic carbocycles. The largest absolute Gasteiger partial charge is 0.457 e. The summed E-state index contributed by atoms with van der Waals surface area (Å²) in [6.45, 7) is 1.04. The van der Waals surface area contributed by atoms with Crippen LogP contribution in [0, 0.1) is 0 Å². The molecule has 216 valence electrons. The van der Waals surface area contributed by atoms with Crippen molar-refractivity contribution in [2.45, 2.75) is 12.8 Å². The third kappa shape index (κ3) is 6.97. The number of hydrogen-bond acceptors (Lipinski definition) is 3. The molecule has 0 bridgehead atoms. The topological polar surface area (TPSA) is 123 Å².